The minimum absolute atomic E-state index is 0.0227. The Balaban J connectivity index is 2.12. The highest BCUT2D eigenvalue weighted by Crippen LogP contribution is 2.49. The van der Waals surface area contributed by atoms with E-state index >= 15 is 0 Å². The van der Waals surface area contributed by atoms with E-state index in [1.54, 1.807) is 0 Å². The number of thioether (sulfide) groups is 1. The van der Waals surface area contributed by atoms with E-state index in [1.807, 2.05) is 13.8 Å². The van der Waals surface area contributed by atoms with E-state index in [9.17, 15) is 4.79 Å². The summed E-state index contributed by atoms with van der Waals surface area (Å²) in [7, 11) is 0. The molecule has 2 radical (unpaired) electrons. The van der Waals surface area contributed by atoms with Crippen molar-refractivity contribution in [3.8, 4) is 22.3 Å². The molecule has 3 nitrogen and oxygen atoms in total. The van der Waals surface area contributed by atoms with Crippen LogP contribution < -0.4 is 4.90 Å². The third kappa shape index (κ3) is 7.54. The first-order chi connectivity index (χ1) is 20.6. The van der Waals surface area contributed by atoms with Gasteiger partial charge in [0.05, 0.1) is 12.3 Å². The highest BCUT2D eigenvalue weighted by molar-refractivity contribution is 8.06. The molecule has 3 aromatic rings. The van der Waals surface area contributed by atoms with Gasteiger partial charge in [0.15, 0.2) is 5.88 Å². The Bertz CT molecular complexity index is 1460. The van der Waals surface area contributed by atoms with Crippen molar-refractivity contribution < 1.29 is 9.53 Å². The van der Waals surface area contributed by atoms with E-state index in [2.05, 4.69) is 148 Å². The second-order valence-electron chi connectivity index (χ2n) is 16.5. The van der Waals surface area contributed by atoms with E-state index in [0.717, 1.165) is 33.6 Å². The van der Waals surface area contributed by atoms with Gasteiger partial charge in [-0.3, -0.25) is 0 Å². The summed E-state index contributed by atoms with van der Waals surface area (Å²) in [5, 5.41) is 0. The molecule has 3 aromatic carbocycles. The van der Waals surface area contributed by atoms with Crippen LogP contribution in [0.2, 0.25) is 0 Å². The molecule has 45 heavy (non-hydrogen) atoms. The highest BCUT2D eigenvalue weighted by atomic mass is 32.2. The second kappa shape index (κ2) is 12.3. The summed E-state index contributed by atoms with van der Waals surface area (Å²) < 4.78 is 5.44. The highest BCUT2D eigenvalue weighted by Gasteiger charge is 2.33. The average Bonchev–Trinajstić information content (AvgIpc) is 3.31. The summed E-state index contributed by atoms with van der Waals surface area (Å²) in [4.78, 5) is 15.7. The molecular formula is C41H53NO2S. The fraction of sp³-hybridized carbons (Fsp3) is 0.463. The minimum Gasteiger partial charge on any atom is -0.462 e. The zero-order valence-electron chi connectivity index (χ0n) is 30.1. The van der Waals surface area contributed by atoms with Gasteiger partial charge < -0.3 is 9.64 Å². The largest absolute Gasteiger partial charge is 0.462 e. The molecule has 0 fully saturated rings. The molecule has 0 amide bonds. The van der Waals surface area contributed by atoms with Crippen molar-refractivity contribution in [2.45, 2.75) is 119 Å². The first kappa shape index (κ1) is 34.9. The molecule has 0 spiro atoms. The lowest BCUT2D eigenvalue weighted by Gasteiger charge is -2.30. The molecule has 1 aliphatic heterocycles. The van der Waals surface area contributed by atoms with Gasteiger partial charge >= 0.3 is 5.97 Å². The molecule has 0 N–H and O–H groups in total. The van der Waals surface area contributed by atoms with Gasteiger partial charge in [0, 0.05) is 16.8 Å². The Morgan fingerprint density at radius 3 is 1.40 bits per heavy atom. The molecule has 0 bridgehead atoms. The van der Waals surface area contributed by atoms with Crippen LogP contribution >= 0.6 is 11.8 Å². The van der Waals surface area contributed by atoms with Crippen LogP contribution in [-0.2, 0) is 31.2 Å². The van der Waals surface area contributed by atoms with Gasteiger partial charge in [0.1, 0.15) is 4.91 Å². The Morgan fingerprint density at radius 2 is 1.07 bits per heavy atom. The van der Waals surface area contributed by atoms with E-state index in [0.29, 0.717) is 11.5 Å². The fourth-order valence-electron chi connectivity index (χ4n) is 5.48. The van der Waals surface area contributed by atoms with Gasteiger partial charge in [0.25, 0.3) is 0 Å². The number of para-hydroxylation sites is 1. The summed E-state index contributed by atoms with van der Waals surface area (Å²) in [5.41, 5.74) is 11.5. The normalized spacial score (nSPS) is 14.8. The number of carbonyl (C=O) groups is 1. The minimum atomic E-state index is -0.302. The predicted molar refractivity (Wildman–Crippen MR) is 195 cm³/mol. The molecule has 0 aromatic heterocycles. The second-order valence-corrected chi connectivity index (χ2v) is 17.3. The maximum Gasteiger partial charge on any atom is 0.346 e. The van der Waals surface area contributed by atoms with Crippen molar-refractivity contribution in [3.05, 3.63) is 93.3 Å². The van der Waals surface area contributed by atoms with E-state index in [1.165, 1.54) is 34.0 Å². The molecule has 0 saturated carbocycles. The van der Waals surface area contributed by atoms with Gasteiger partial charge in [-0.25, -0.2) is 4.79 Å². The van der Waals surface area contributed by atoms with Gasteiger partial charge in [-0.05, 0) is 68.9 Å². The molecule has 1 aliphatic rings. The Kier molecular flexibility index (Phi) is 9.55. The molecule has 4 heteroatoms. The molecule has 0 aliphatic carbocycles. The van der Waals surface area contributed by atoms with Crippen molar-refractivity contribution in [2.24, 2.45) is 0 Å². The van der Waals surface area contributed by atoms with Crippen LogP contribution in [0.1, 0.15) is 119 Å². The summed E-state index contributed by atoms with van der Waals surface area (Å²) in [6, 6.07) is 20.7. The average molecular weight is 624 g/mol. The number of anilines is 1. The number of hydrogen-bond acceptors (Lipinski definition) is 4. The van der Waals surface area contributed by atoms with E-state index in [4.69, 9.17) is 4.74 Å². The topological polar surface area (TPSA) is 29.5 Å². The smallest absolute Gasteiger partial charge is 0.346 e. The Hall–Kier alpha value is -2.98. The molecule has 4 rings (SSSR count). The third-order valence-electron chi connectivity index (χ3n) is 8.58. The molecule has 0 unspecified atom stereocenters. The Morgan fingerprint density at radius 1 is 0.689 bits per heavy atom. The van der Waals surface area contributed by atoms with Crippen molar-refractivity contribution in [1.82, 2.24) is 0 Å². The van der Waals surface area contributed by atoms with Gasteiger partial charge in [-0.1, -0.05) is 149 Å². The zero-order chi connectivity index (χ0) is 33.7. The quantitative estimate of drug-likeness (QED) is 0.264. The maximum absolute atomic E-state index is 13.0. The molecule has 1 heterocycles. The zero-order valence-corrected chi connectivity index (χ0v) is 30.9. The lowest BCUT2D eigenvalue weighted by molar-refractivity contribution is -0.137. The summed E-state index contributed by atoms with van der Waals surface area (Å²) in [5.74, 6) is 3.18. The monoisotopic (exact) mass is 623 g/mol. The van der Waals surface area contributed by atoms with Gasteiger partial charge in [0.2, 0.25) is 0 Å². The lowest BCUT2D eigenvalue weighted by atomic mass is 9.77. The van der Waals surface area contributed by atoms with Crippen LogP contribution in [0.4, 0.5) is 5.69 Å². The number of benzene rings is 3. The Labute approximate surface area is 277 Å². The van der Waals surface area contributed by atoms with Gasteiger partial charge in [-0.2, -0.15) is 0 Å². The van der Waals surface area contributed by atoms with Crippen LogP contribution in [-0.4, -0.2) is 12.6 Å². The summed E-state index contributed by atoms with van der Waals surface area (Å²) in [6.45, 7) is 31.5. The van der Waals surface area contributed by atoms with Crippen LogP contribution in [0.5, 0.6) is 0 Å². The number of esters is 1. The lowest BCUT2D eigenvalue weighted by Crippen LogP contribution is -2.18. The fourth-order valence-corrected chi connectivity index (χ4v) is 6.28. The van der Waals surface area contributed by atoms with Gasteiger partial charge in [-0.15, -0.1) is 0 Å². The number of nitrogens with zero attached hydrogens (tertiary/aromatic N) is 1. The molecule has 0 saturated heterocycles. The number of allylic oxidation sites excluding steroid dienone is 1. The van der Waals surface area contributed by atoms with E-state index in [-0.39, 0.29) is 27.6 Å². The first-order valence-electron chi connectivity index (χ1n) is 16.2. The van der Waals surface area contributed by atoms with E-state index < -0.39 is 0 Å². The third-order valence-corrected chi connectivity index (χ3v) is 9.52. The number of carbonyl (C=O) groups excluding carboxylic acids is 1. The summed E-state index contributed by atoms with van der Waals surface area (Å²) in [6.07, 6.45) is 0. The van der Waals surface area contributed by atoms with Crippen molar-refractivity contribution in [2.75, 3.05) is 11.5 Å². The molecular weight excluding hydrogens is 571 g/mol. The van der Waals surface area contributed by atoms with Crippen LogP contribution in [0.25, 0.3) is 22.3 Å². The number of ether oxygens (including phenoxy) is 1. The van der Waals surface area contributed by atoms with Crippen molar-refractivity contribution in [3.63, 3.8) is 0 Å². The summed E-state index contributed by atoms with van der Waals surface area (Å²) >= 11 is 1.32. The first-order valence-corrected chi connectivity index (χ1v) is 17.0. The van der Waals surface area contributed by atoms with Crippen LogP contribution in [0, 0.1) is 5.88 Å². The van der Waals surface area contributed by atoms with Crippen LogP contribution in [0.15, 0.2) is 65.2 Å². The molecule has 240 valence electrons. The standard InChI is InChI=1S/C41H53NO2S/c1-15-44-37(43)36-26(2)42(25-45-36)35-33(27-19-29(38(3,4)5)23-30(20-27)39(6,7)8)17-16-18-34(35)28-21-31(40(9,10)11)24-32(22-28)41(12,13)14/h16-24H,15H2,1-14H3. The van der Waals surface area contributed by atoms with Crippen molar-refractivity contribution in [1.29, 1.82) is 0 Å². The molecule has 0 atom stereocenters. The predicted octanol–water partition coefficient (Wildman–Crippen LogP) is 11.6. The SMILES string of the molecule is CCOC(=O)C1=C(C)N(c2c(-c3cc(C(C)(C)C)cc(C(C)(C)C)c3)cccc2-c2cc(C(C)(C)C)cc(C(C)(C)C)c2)[C]S1. The van der Waals surface area contributed by atoms with Crippen LogP contribution in [0.3, 0.4) is 0 Å². The van der Waals surface area contributed by atoms with Crippen molar-refractivity contribution >= 4 is 23.4 Å². The number of hydrogen-bond donors (Lipinski definition) is 0. The maximum atomic E-state index is 13.0. The number of rotatable bonds is 5.